The number of nitrogens with one attached hydrogen (secondary N) is 2. The minimum absolute atomic E-state index is 0. The lowest BCUT2D eigenvalue weighted by atomic mass is 9.84. The first kappa shape index (κ1) is 23.9. The van der Waals surface area contributed by atoms with E-state index in [1.807, 2.05) is 20.2 Å². The van der Waals surface area contributed by atoms with Crippen LogP contribution in [-0.2, 0) is 11.2 Å². The Morgan fingerprint density at radius 3 is 2.62 bits per heavy atom. The Labute approximate surface area is 194 Å². The number of guanidine groups is 1. The lowest BCUT2D eigenvalue weighted by Gasteiger charge is -2.31. The molecule has 8 heteroatoms. The van der Waals surface area contributed by atoms with Crippen LogP contribution >= 0.6 is 35.3 Å². The second kappa shape index (κ2) is 11.1. The van der Waals surface area contributed by atoms with E-state index in [1.54, 1.807) is 23.3 Å². The molecule has 1 amide bonds. The van der Waals surface area contributed by atoms with Crippen LogP contribution in [0.25, 0.3) is 10.2 Å². The van der Waals surface area contributed by atoms with Crippen LogP contribution in [0.15, 0.2) is 29.3 Å². The number of benzene rings is 1. The van der Waals surface area contributed by atoms with Crippen molar-refractivity contribution in [2.24, 2.45) is 10.4 Å². The number of aryl methyl sites for hydroxylation is 1. The fourth-order valence-electron chi connectivity index (χ4n) is 3.94. The number of para-hydroxylation sites is 1. The van der Waals surface area contributed by atoms with Gasteiger partial charge in [0.15, 0.2) is 5.96 Å². The first-order valence-corrected chi connectivity index (χ1v) is 10.9. The smallest absolute Gasteiger partial charge is 0.230 e. The predicted molar refractivity (Wildman–Crippen MR) is 132 cm³/mol. The summed E-state index contributed by atoms with van der Waals surface area (Å²) in [6.45, 7) is 1.46. The zero-order chi connectivity index (χ0) is 20.0. The van der Waals surface area contributed by atoms with Crippen LogP contribution < -0.4 is 10.6 Å². The topological polar surface area (TPSA) is 69.6 Å². The van der Waals surface area contributed by atoms with Crippen molar-refractivity contribution in [3.8, 4) is 0 Å². The molecule has 0 bridgehead atoms. The largest absolute Gasteiger partial charge is 0.356 e. The van der Waals surface area contributed by atoms with E-state index in [2.05, 4.69) is 38.8 Å². The maximum atomic E-state index is 12.7. The molecule has 1 aliphatic carbocycles. The van der Waals surface area contributed by atoms with Gasteiger partial charge < -0.3 is 15.5 Å². The fraction of sp³-hybridized carbons (Fsp3) is 0.571. The summed E-state index contributed by atoms with van der Waals surface area (Å²) in [7, 11) is 5.47. The van der Waals surface area contributed by atoms with E-state index in [1.165, 1.54) is 9.71 Å². The Morgan fingerprint density at radius 2 is 1.97 bits per heavy atom. The quantitative estimate of drug-likeness (QED) is 0.249. The zero-order valence-corrected chi connectivity index (χ0v) is 20.7. The second-order valence-electron chi connectivity index (χ2n) is 7.72. The van der Waals surface area contributed by atoms with Gasteiger partial charge >= 0.3 is 0 Å². The summed E-state index contributed by atoms with van der Waals surface area (Å²) in [6.07, 6.45) is 6.08. The number of carbonyl (C=O) groups is 1. The van der Waals surface area contributed by atoms with Crippen molar-refractivity contribution >= 4 is 57.4 Å². The van der Waals surface area contributed by atoms with Gasteiger partial charge in [-0.2, -0.15) is 0 Å². The van der Waals surface area contributed by atoms with Gasteiger partial charge in [0, 0.05) is 40.7 Å². The van der Waals surface area contributed by atoms with Gasteiger partial charge in [-0.15, -0.1) is 35.3 Å². The molecule has 1 fully saturated rings. The fourth-order valence-corrected chi connectivity index (χ4v) is 4.95. The molecule has 1 aromatic carbocycles. The molecule has 6 nitrogen and oxygen atoms in total. The van der Waals surface area contributed by atoms with Crippen molar-refractivity contribution < 1.29 is 4.79 Å². The Bertz CT molecular complexity index is 796. The molecule has 0 aliphatic heterocycles. The van der Waals surface area contributed by atoms with Crippen molar-refractivity contribution in [3.05, 3.63) is 29.3 Å². The number of hydrogen-bond donors (Lipinski definition) is 2. The van der Waals surface area contributed by atoms with Gasteiger partial charge in [-0.3, -0.25) is 9.79 Å². The van der Waals surface area contributed by atoms with Gasteiger partial charge in [-0.1, -0.05) is 25.0 Å². The Hall–Kier alpha value is -1.42. The number of aromatic nitrogens is 1. The van der Waals surface area contributed by atoms with Crippen molar-refractivity contribution in [2.75, 3.05) is 34.2 Å². The number of halogens is 1. The molecule has 1 aliphatic rings. The van der Waals surface area contributed by atoms with Crippen molar-refractivity contribution in [1.82, 2.24) is 20.5 Å². The molecule has 3 rings (SSSR count). The predicted octanol–water partition coefficient (Wildman–Crippen LogP) is 3.66. The van der Waals surface area contributed by atoms with Crippen LogP contribution in [0.1, 0.15) is 37.1 Å². The van der Waals surface area contributed by atoms with Gasteiger partial charge in [0.2, 0.25) is 5.91 Å². The number of fused-ring (bicyclic) bond motifs is 1. The summed E-state index contributed by atoms with van der Waals surface area (Å²) in [5.74, 6) is 0.992. The van der Waals surface area contributed by atoms with E-state index >= 15 is 0 Å². The Balaban J connectivity index is 0.00000300. The lowest BCUT2D eigenvalue weighted by Crippen LogP contribution is -2.49. The molecule has 0 atom stereocenters. The first-order chi connectivity index (χ1) is 13.5. The highest BCUT2D eigenvalue weighted by Crippen LogP contribution is 2.38. The van der Waals surface area contributed by atoms with Crippen molar-refractivity contribution in [3.63, 3.8) is 0 Å². The standard InChI is InChI=1S/C21H31N5OS.HI/c1-22-20(24-15-21(12-6-7-13-21)19(27)26(2)3)23-14-8-11-18-25-16-9-4-5-10-17(16)28-18;/h4-5,9-10H,6-8,11-15H2,1-3H3,(H2,22,23,24);1H. The summed E-state index contributed by atoms with van der Waals surface area (Å²) in [4.78, 5) is 23.4. The van der Waals surface area contributed by atoms with Crippen LogP contribution in [0, 0.1) is 5.41 Å². The second-order valence-corrected chi connectivity index (χ2v) is 8.83. The van der Waals surface area contributed by atoms with Gasteiger partial charge in [0.25, 0.3) is 0 Å². The highest BCUT2D eigenvalue weighted by molar-refractivity contribution is 14.0. The number of rotatable bonds is 7. The molecule has 0 spiro atoms. The lowest BCUT2D eigenvalue weighted by molar-refractivity contribution is -0.138. The summed E-state index contributed by atoms with van der Waals surface area (Å²) in [6, 6.07) is 8.27. The summed E-state index contributed by atoms with van der Waals surface area (Å²) < 4.78 is 1.25. The third-order valence-corrected chi connectivity index (χ3v) is 6.53. The molecule has 2 N–H and O–H groups in total. The van der Waals surface area contributed by atoms with Crippen LogP contribution in [-0.4, -0.2) is 56.0 Å². The normalized spacial score (nSPS) is 15.8. The zero-order valence-electron chi connectivity index (χ0n) is 17.5. The minimum Gasteiger partial charge on any atom is -0.356 e. The molecule has 0 radical (unpaired) electrons. The summed E-state index contributed by atoms with van der Waals surface area (Å²) >= 11 is 1.77. The third-order valence-electron chi connectivity index (χ3n) is 5.44. The van der Waals surface area contributed by atoms with Crippen molar-refractivity contribution in [1.29, 1.82) is 0 Å². The molecule has 29 heavy (non-hydrogen) atoms. The van der Waals surface area contributed by atoms with E-state index in [0.29, 0.717) is 6.54 Å². The number of aliphatic imine (C=N–C) groups is 1. The number of carbonyl (C=O) groups excluding carboxylic acids is 1. The van der Waals surface area contributed by atoms with E-state index in [-0.39, 0.29) is 35.3 Å². The van der Waals surface area contributed by atoms with E-state index in [9.17, 15) is 4.79 Å². The molecule has 1 heterocycles. The Morgan fingerprint density at radius 1 is 1.24 bits per heavy atom. The molecular formula is C21H32IN5OS. The molecule has 2 aromatic rings. The van der Waals surface area contributed by atoms with Gasteiger partial charge in [0.1, 0.15) is 0 Å². The third kappa shape index (κ3) is 6.04. The average molecular weight is 529 g/mol. The monoisotopic (exact) mass is 529 g/mol. The molecule has 160 valence electrons. The number of hydrogen-bond acceptors (Lipinski definition) is 4. The average Bonchev–Trinajstić information content (AvgIpc) is 3.34. The van der Waals surface area contributed by atoms with Crippen LogP contribution in [0.3, 0.4) is 0 Å². The van der Waals surface area contributed by atoms with Gasteiger partial charge in [-0.05, 0) is 31.4 Å². The summed E-state index contributed by atoms with van der Waals surface area (Å²) in [5, 5.41) is 7.93. The molecular weight excluding hydrogens is 497 g/mol. The molecule has 0 saturated heterocycles. The van der Waals surface area contributed by atoms with E-state index in [4.69, 9.17) is 0 Å². The maximum Gasteiger partial charge on any atom is 0.230 e. The molecule has 1 aromatic heterocycles. The van der Waals surface area contributed by atoms with Gasteiger partial charge in [0.05, 0.1) is 20.6 Å². The SMILES string of the molecule is CN=C(NCCCc1nc2ccccc2s1)NCC1(C(=O)N(C)C)CCCC1.I. The number of amides is 1. The minimum atomic E-state index is -0.290. The van der Waals surface area contributed by atoms with Crippen LogP contribution in [0.4, 0.5) is 0 Å². The molecule has 1 saturated carbocycles. The van der Waals surface area contributed by atoms with Gasteiger partial charge in [-0.25, -0.2) is 4.98 Å². The first-order valence-electron chi connectivity index (χ1n) is 10.0. The van der Waals surface area contributed by atoms with E-state index in [0.717, 1.165) is 56.5 Å². The number of nitrogens with zero attached hydrogens (tertiary/aromatic N) is 3. The summed E-state index contributed by atoms with van der Waals surface area (Å²) in [5.41, 5.74) is 0.794. The highest BCUT2D eigenvalue weighted by atomic mass is 127. The van der Waals surface area contributed by atoms with Crippen molar-refractivity contribution in [2.45, 2.75) is 38.5 Å². The Kier molecular flexibility index (Phi) is 9.13. The maximum absolute atomic E-state index is 12.7. The molecule has 0 unspecified atom stereocenters. The highest BCUT2D eigenvalue weighted by Gasteiger charge is 2.42. The number of thiazole rings is 1. The van der Waals surface area contributed by atoms with E-state index < -0.39 is 0 Å². The van der Waals surface area contributed by atoms with Crippen LogP contribution in [0.5, 0.6) is 0 Å². The van der Waals surface area contributed by atoms with Crippen LogP contribution in [0.2, 0.25) is 0 Å².